The van der Waals surface area contributed by atoms with Gasteiger partial charge in [-0.3, -0.25) is 0 Å². The molecule has 0 bridgehead atoms. The molecule has 0 aliphatic heterocycles. The van der Waals surface area contributed by atoms with Gasteiger partial charge in [0.05, 0.1) is 25.9 Å². The van der Waals surface area contributed by atoms with Gasteiger partial charge in [-0.05, 0) is 13.8 Å². The highest BCUT2D eigenvalue weighted by atomic mass is 16.5. The number of rotatable bonds is 7. The number of hydrogen-bond donors (Lipinski definition) is 2. The van der Waals surface area contributed by atoms with Crippen LogP contribution in [-0.2, 0) is 9.47 Å². The first-order valence-corrected chi connectivity index (χ1v) is 4.19. The number of ether oxygens (including phenoxy) is 2. The van der Waals surface area contributed by atoms with Crippen LogP contribution in [0.5, 0.6) is 0 Å². The van der Waals surface area contributed by atoms with Gasteiger partial charge in [0.15, 0.2) is 0 Å². The van der Waals surface area contributed by atoms with E-state index in [0.29, 0.717) is 13.2 Å². The Bertz CT molecular complexity index is 97.1. The maximum absolute atomic E-state index is 8.88. The Labute approximate surface area is 73.1 Å². The second-order valence-corrected chi connectivity index (χ2v) is 2.64. The van der Waals surface area contributed by atoms with Crippen molar-refractivity contribution in [2.75, 3.05) is 26.4 Å². The third-order valence-corrected chi connectivity index (χ3v) is 1.32. The quantitative estimate of drug-likeness (QED) is 0.566. The molecule has 0 saturated carbocycles. The molecule has 0 rings (SSSR count). The van der Waals surface area contributed by atoms with Gasteiger partial charge in [0.25, 0.3) is 0 Å². The first-order valence-electron chi connectivity index (χ1n) is 4.19. The SMILES string of the molecule is CCOC(C)COCC(O)CO. The molecule has 2 atom stereocenters. The average Bonchev–Trinajstić information content (AvgIpc) is 2.04. The van der Waals surface area contributed by atoms with Crippen molar-refractivity contribution < 1.29 is 19.7 Å². The Balaban J connectivity index is 3.18. The Morgan fingerprint density at radius 1 is 1.33 bits per heavy atom. The summed E-state index contributed by atoms with van der Waals surface area (Å²) in [6, 6.07) is 0. The molecule has 0 aliphatic carbocycles. The molecule has 0 saturated heterocycles. The highest BCUT2D eigenvalue weighted by molar-refractivity contribution is 4.51. The summed E-state index contributed by atoms with van der Waals surface area (Å²) >= 11 is 0. The highest BCUT2D eigenvalue weighted by Gasteiger charge is 2.04. The standard InChI is InChI=1S/C8H18O4/c1-3-12-7(2)5-11-6-8(10)4-9/h7-10H,3-6H2,1-2H3. The van der Waals surface area contributed by atoms with Crippen molar-refractivity contribution in [3.63, 3.8) is 0 Å². The second kappa shape index (κ2) is 7.49. The Morgan fingerprint density at radius 2 is 2.00 bits per heavy atom. The third-order valence-electron chi connectivity index (χ3n) is 1.32. The normalized spacial score (nSPS) is 16.0. The lowest BCUT2D eigenvalue weighted by Gasteiger charge is -2.13. The average molecular weight is 178 g/mol. The summed E-state index contributed by atoms with van der Waals surface area (Å²) in [5.41, 5.74) is 0. The maximum Gasteiger partial charge on any atom is 0.100 e. The van der Waals surface area contributed by atoms with Gasteiger partial charge < -0.3 is 19.7 Å². The van der Waals surface area contributed by atoms with Crippen molar-refractivity contribution in [2.45, 2.75) is 26.1 Å². The van der Waals surface area contributed by atoms with E-state index in [9.17, 15) is 0 Å². The Hall–Kier alpha value is -0.160. The van der Waals surface area contributed by atoms with E-state index in [4.69, 9.17) is 19.7 Å². The molecule has 2 N–H and O–H groups in total. The van der Waals surface area contributed by atoms with E-state index in [0.717, 1.165) is 0 Å². The number of hydrogen-bond acceptors (Lipinski definition) is 4. The molecule has 4 heteroatoms. The zero-order valence-corrected chi connectivity index (χ0v) is 7.69. The molecule has 0 radical (unpaired) electrons. The minimum absolute atomic E-state index is 0.0425. The predicted octanol–water partition coefficient (Wildman–Crippen LogP) is -0.219. The van der Waals surface area contributed by atoms with Crippen LogP contribution < -0.4 is 0 Å². The van der Waals surface area contributed by atoms with Gasteiger partial charge >= 0.3 is 0 Å². The van der Waals surface area contributed by atoms with E-state index in [1.807, 2.05) is 13.8 Å². The molecule has 0 aromatic heterocycles. The molecular formula is C8H18O4. The van der Waals surface area contributed by atoms with Crippen LogP contribution in [0.2, 0.25) is 0 Å². The first kappa shape index (κ1) is 11.8. The summed E-state index contributed by atoms with van der Waals surface area (Å²) in [4.78, 5) is 0. The third kappa shape index (κ3) is 6.54. The molecule has 0 fully saturated rings. The van der Waals surface area contributed by atoms with E-state index in [1.54, 1.807) is 0 Å². The smallest absolute Gasteiger partial charge is 0.100 e. The van der Waals surface area contributed by atoms with Crippen LogP contribution in [0.25, 0.3) is 0 Å². The topological polar surface area (TPSA) is 58.9 Å². The Morgan fingerprint density at radius 3 is 2.50 bits per heavy atom. The van der Waals surface area contributed by atoms with E-state index < -0.39 is 6.10 Å². The summed E-state index contributed by atoms with van der Waals surface area (Å²) in [6.45, 7) is 4.82. The summed E-state index contributed by atoms with van der Waals surface area (Å²) in [5.74, 6) is 0. The van der Waals surface area contributed by atoms with Gasteiger partial charge in [0, 0.05) is 6.61 Å². The summed E-state index contributed by atoms with van der Waals surface area (Å²) in [5, 5.41) is 17.3. The molecule has 0 spiro atoms. The van der Waals surface area contributed by atoms with Crippen molar-refractivity contribution in [2.24, 2.45) is 0 Å². The van der Waals surface area contributed by atoms with E-state index in [-0.39, 0.29) is 19.3 Å². The van der Waals surface area contributed by atoms with E-state index >= 15 is 0 Å². The lowest BCUT2D eigenvalue weighted by Crippen LogP contribution is -2.23. The summed E-state index contributed by atoms with van der Waals surface area (Å²) in [6.07, 6.45) is -0.736. The van der Waals surface area contributed by atoms with Gasteiger partial charge in [-0.15, -0.1) is 0 Å². The number of aliphatic hydroxyl groups is 2. The van der Waals surface area contributed by atoms with E-state index in [1.165, 1.54) is 0 Å². The fraction of sp³-hybridized carbons (Fsp3) is 1.00. The molecule has 2 unspecified atom stereocenters. The first-order chi connectivity index (χ1) is 5.70. The van der Waals surface area contributed by atoms with Crippen molar-refractivity contribution in [3.05, 3.63) is 0 Å². The van der Waals surface area contributed by atoms with Crippen LogP contribution in [0.4, 0.5) is 0 Å². The number of aliphatic hydroxyl groups excluding tert-OH is 2. The molecular weight excluding hydrogens is 160 g/mol. The van der Waals surface area contributed by atoms with Crippen LogP contribution in [0.15, 0.2) is 0 Å². The molecule has 12 heavy (non-hydrogen) atoms. The van der Waals surface area contributed by atoms with Gasteiger partial charge in [-0.2, -0.15) is 0 Å². The fourth-order valence-electron chi connectivity index (χ4n) is 0.755. The molecule has 0 aromatic carbocycles. The summed E-state index contributed by atoms with van der Waals surface area (Å²) < 4.78 is 10.3. The summed E-state index contributed by atoms with van der Waals surface area (Å²) in [7, 11) is 0. The highest BCUT2D eigenvalue weighted by Crippen LogP contribution is 1.92. The monoisotopic (exact) mass is 178 g/mol. The van der Waals surface area contributed by atoms with Gasteiger partial charge in [-0.25, -0.2) is 0 Å². The zero-order valence-electron chi connectivity index (χ0n) is 7.69. The van der Waals surface area contributed by atoms with Crippen LogP contribution in [0.1, 0.15) is 13.8 Å². The van der Waals surface area contributed by atoms with Crippen molar-refractivity contribution in [1.82, 2.24) is 0 Å². The largest absolute Gasteiger partial charge is 0.394 e. The van der Waals surface area contributed by atoms with Crippen LogP contribution in [0.3, 0.4) is 0 Å². The van der Waals surface area contributed by atoms with Crippen molar-refractivity contribution >= 4 is 0 Å². The molecule has 0 amide bonds. The fourth-order valence-corrected chi connectivity index (χ4v) is 0.755. The molecule has 74 valence electrons. The van der Waals surface area contributed by atoms with Crippen LogP contribution in [0, 0.1) is 0 Å². The second-order valence-electron chi connectivity index (χ2n) is 2.64. The minimum atomic E-state index is -0.779. The molecule has 0 aliphatic rings. The van der Waals surface area contributed by atoms with Crippen LogP contribution >= 0.6 is 0 Å². The molecule has 0 aromatic rings. The van der Waals surface area contributed by atoms with Gasteiger partial charge in [0.1, 0.15) is 6.10 Å². The Kier molecular flexibility index (Phi) is 7.39. The maximum atomic E-state index is 8.88. The zero-order chi connectivity index (χ0) is 9.40. The van der Waals surface area contributed by atoms with Gasteiger partial charge in [-0.1, -0.05) is 0 Å². The van der Waals surface area contributed by atoms with Crippen molar-refractivity contribution in [3.8, 4) is 0 Å². The lowest BCUT2D eigenvalue weighted by atomic mass is 10.4. The van der Waals surface area contributed by atoms with Gasteiger partial charge in [0.2, 0.25) is 0 Å². The van der Waals surface area contributed by atoms with E-state index in [2.05, 4.69) is 0 Å². The molecule has 0 heterocycles. The predicted molar refractivity (Wildman–Crippen MR) is 45.0 cm³/mol. The minimum Gasteiger partial charge on any atom is -0.394 e. The lowest BCUT2D eigenvalue weighted by molar-refractivity contribution is -0.0395. The van der Waals surface area contributed by atoms with Crippen molar-refractivity contribution in [1.29, 1.82) is 0 Å². The van der Waals surface area contributed by atoms with Crippen LogP contribution in [-0.4, -0.2) is 48.8 Å². The molecule has 4 nitrogen and oxygen atoms in total.